The maximum Gasteiger partial charge on any atom is 0.0561 e. The first-order valence-electron chi connectivity index (χ1n) is 19.1. The molecular weight excluding hydrogens is 699 g/mol. The number of nitrogens with zero attached hydrogens (tertiary/aromatic N) is 3. The molecule has 0 N–H and O–H groups in total. The highest BCUT2D eigenvalue weighted by Crippen LogP contribution is 2.46. The van der Waals surface area contributed by atoms with Gasteiger partial charge in [-0.2, -0.15) is 0 Å². The van der Waals surface area contributed by atoms with Gasteiger partial charge in [0, 0.05) is 64.5 Å². The summed E-state index contributed by atoms with van der Waals surface area (Å²) in [4.78, 5) is 2.46. The lowest BCUT2D eigenvalue weighted by Gasteiger charge is -2.27. The van der Waals surface area contributed by atoms with E-state index in [0.29, 0.717) is 0 Å². The summed E-state index contributed by atoms with van der Waals surface area (Å²) in [6, 6.07) is 73.3. The molecule has 3 heterocycles. The minimum absolute atomic E-state index is 1.10. The van der Waals surface area contributed by atoms with E-state index in [1.165, 1.54) is 74.6 Å². The second-order valence-corrected chi connectivity index (χ2v) is 15.6. The zero-order valence-corrected chi connectivity index (χ0v) is 31.1. The van der Waals surface area contributed by atoms with Crippen molar-refractivity contribution in [1.82, 2.24) is 9.13 Å². The lowest BCUT2D eigenvalue weighted by atomic mass is 10.1. The summed E-state index contributed by atoms with van der Waals surface area (Å²) in [6.07, 6.45) is 0. The zero-order chi connectivity index (χ0) is 36.7. The van der Waals surface area contributed by atoms with E-state index in [-0.39, 0.29) is 0 Å². The van der Waals surface area contributed by atoms with Gasteiger partial charge in [-0.05, 0) is 102 Å². The van der Waals surface area contributed by atoms with Gasteiger partial charge >= 0.3 is 0 Å². The normalized spacial score (nSPS) is 11.9. The molecule has 0 bridgehead atoms. The SMILES string of the molecule is c1ccc(-n2c3ccccc3c3ccc(N(c4ccc(-n5c6ccccc6c6cc7ccccc7cc65)cc4)c4cccc5sc6ccccc6c45)cc32)cc1. The minimum Gasteiger partial charge on any atom is -0.310 e. The fraction of sp³-hybridized carbons (Fsp3) is 0. The predicted molar refractivity (Wildman–Crippen MR) is 240 cm³/mol. The molecule has 4 heteroatoms. The highest BCUT2D eigenvalue weighted by atomic mass is 32.1. The Morgan fingerprint density at radius 2 is 0.893 bits per heavy atom. The number of thiophene rings is 1. The van der Waals surface area contributed by atoms with Crippen LogP contribution in [0, 0.1) is 0 Å². The van der Waals surface area contributed by atoms with Crippen LogP contribution in [0.25, 0.3) is 85.9 Å². The Morgan fingerprint density at radius 1 is 0.339 bits per heavy atom. The summed E-state index contributed by atoms with van der Waals surface area (Å²) in [5, 5.41) is 10.1. The summed E-state index contributed by atoms with van der Waals surface area (Å²) < 4.78 is 7.40. The maximum absolute atomic E-state index is 2.46. The van der Waals surface area contributed by atoms with Gasteiger partial charge in [0.1, 0.15) is 0 Å². The first-order chi connectivity index (χ1) is 27.8. The van der Waals surface area contributed by atoms with Gasteiger partial charge in [-0.3, -0.25) is 0 Å². The molecule has 0 atom stereocenters. The van der Waals surface area contributed by atoms with Crippen molar-refractivity contribution in [3.63, 3.8) is 0 Å². The third-order valence-corrected chi connectivity index (χ3v) is 12.6. The predicted octanol–water partition coefficient (Wildman–Crippen LogP) is 14.9. The molecule has 3 nitrogen and oxygen atoms in total. The summed E-state index contributed by atoms with van der Waals surface area (Å²) in [6.45, 7) is 0. The van der Waals surface area contributed by atoms with E-state index >= 15 is 0 Å². The number of anilines is 3. The Balaban J connectivity index is 1.10. The lowest BCUT2D eigenvalue weighted by molar-refractivity contribution is 1.17. The van der Waals surface area contributed by atoms with E-state index in [4.69, 9.17) is 0 Å². The fourth-order valence-electron chi connectivity index (χ4n) is 9.01. The van der Waals surface area contributed by atoms with Gasteiger partial charge in [0.25, 0.3) is 0 Å². The van der Waals surface area contributed by atoms with Crippen LogP contribution in [0.2, 0.25) is 0 Å². The van der Waals surface area contributed by atoms with Crippen molar-refractivity contribution in [3.8, 4) is 11.4 Å². The van der Waals surface area contributed by atoms with Gasteiger partial charge in [-0.15, -0.1) is 11.3 Å². The molecule has 9 aromatic carbocycles. The zero-order valence-electron chi connectivity index (χ0n) is 30.3. The Bertz CT molecular complexity index is 3480. The molecule has 12 aromatic rings. The number of fused-ring (bicyclic) bond motifs is 10. The third-order valence-electron chi connectivity index (χ3n) is 11.5. The van der Waals surface area contributed by atoms with E-state index in [2.05, 4.69) is 214 Å². The molecule has 0 saturated heterocycles. The second kappa shape index (κ2) is 12.2. The monoisotopic (exact) mass is 731 g/mol. The number of rotatable bonds is 5. The van der Waals surface area contributed by atoms with Crippen LogP contribution in [0.4, 0.5) is 17.1 Å². The average molecular weight is 732 g/mol. The molecule has 0 unspecified atom stereocenters. The quantitative estimate of drug-likeness (QED) is 0.172. The van der Waals surface area contributed by atoms with Crippen molar-refractivity contribution < 1.29 is 0 Å². The molecule has 0 radical (unpaired) electrons. The average Bonchev–Trinajstić information content (AvgIpc) is 3.91. The van der Waals surface area contributed by atoms with Crippen molar-refractivity contribution in [3.05, 3.63) is 200 Å². The Labute approximate surface area is 327 Å². The van der Waals surface area contributed by atoms with Crippen molar-refractivity contribution in [2.45, 2.75) is 0 Å². The molecule has 0 saturated carbocycles. The van der Waals surface area contributed by atoms with Gasteiger partial charge in [-0.25, -0.2) is 0 Å². The van der Waals surface area contributed by atoms with Crippen molar-refractivity contribution >= 4 is 103 Å². The van der Waals surface area contributed by atoms with E-state index in [1.807, 2.05) is 11.3 Å². The molecule has 0 aliphatic heterocycles. The molecule has 3 aromatic heterocycles. The highest BCUT2D eigenvalue weighted by molar-refractivity contribution is 7.26. The Kier molecular flexibility index (Phi) is 6.80. The van der Waals surface area contributed by atoms with Gasteiger partial charge in [0.05, 0.1) is 27.8 Å². The van der Waals surface area contributed by atoms with Crippen LogP contribution in [0.1, 0.15) is 0 Å². The van der Waals surface area contributed by atoms with Crippen LogP contribution in [0.15, 0.2) is 200 Å². The first-order valence-corrected chi connectivity index (χ1v) is 19.9. The minimum atomic E-state index is 1.10. The summed E-state index contributed by atoms with van der Waals surface area (Å²) in [7, 11) is 0. The van der Waals surface area contributed by atoms with Crippen LogP contribution in [-0.2, 0) is 0 Å². The van der Waals surface area contributed by atoms with Gasteiger partial charge < -0.3 is 14.0 Å². The maximum atomic E-state index is 2.46. The lowest BCUT2D eigenvalue weighted by Crippen LogP contribution is -2.10. The van der Waals surface area contributed by atoms with Crippen LogP contribution >= 0.6 is 11.3 Å². The Morgan fingerprint density at radius 3 is 1.66 bits per heavy atom. The number of hydrogen-bond donors (Lipinski definition) is 0. The van der Waals surface area contributed by atoms with Crippen LogP contribution in [-0.4, -0.2) is 9.13 Å². The molecule has 56 heavy (non-hydrogen) atoms. The Hall–Kier alpha value is -7.14. The largest absolute Gasteiger partial charge is 0.310 e. The topological polar surface area (TPSA) is 13.1 Å². The molecule has 0 fully saturated rings. The second-order valence-electron chi connectivity index (χ2n) is 14.6. The van der Waals surface area contributed by atoms with E-state index in [9.17, 15) is 0 Å². The van der Waals surface area contributed by atoms with Crippen molar-refractivity contribution in [1.29, 1.82) is 0 Å². The molecule has 0 aliphatic carbocycles. The van der Waals surface area contributed by atoms with Gasteiger partial charge in [0.2, 0.25) is 0 Å². The fourth-order valence-corrected chi connectivity index (χ4v) is 10.1. The summed E-state index contributed by atoms with van der Waals surface area (Å²) >= 11 is 1.86. The first kappa shape index (κ1) is 31.2. The number of para-hydroxylation sites is 3. The standard InChI is InChI=1S/C52H33N3S/c1-2-15-36(16-3-1)54-45-20-9-6-17-40(45)42-30-29-39(33-49(42)54)53(47-22-12-24-51-52(47)43-19-8-11-23-50(43)56-51)37-25-27-38(28-26-37)55-46-21-10-7-18-41(46)44-31-34-13-4-5-14-35(34)32-48(44)55/h1-33H. The van der Waals surface area contributed by atoms with Crippen molar-refractivity contribution in [2.24, 2.45) is 0 Å². The molecule has 12 rings (SSSR count). The number of benzene rings is 9. The number of aromatic nitrogens is 2. The van der Waals surface area contributed by atoms with Gasteiger partial charge in [-0.1, -0.05) is 109 Å². The molecular formula is C52H33N3S. The highest BCUT2D eigenvalue weighted by Gasteiger charge is 2.21. The van der Waals surface area contributed by atoms with Crippen LogP contribution in [0.3, 0.4) is 0 Å². The molecule has 0 aliphatic rings. The van der Waals surface area contributed by atoms with Crippen LogP contribution < -0.4 is 4.90 Å². The smallest absolute Gasteiger partial charge is 0.0561 e. The van der Waals surface area contributed by atoms with E-state index < -0.39 is 0 Å². The molecule has 262 valence electrons. The van der Waals surface area contributed by atoms with Gasteiger partial charge in [0.15, 0.2) is 0 Å². The third kappa shape index (κ3) is 4.63. The summed E-state index contributed by atoms with van der Waals surface area (Å²) in [5.41, 5.74) is 10.5. The molecule has 0 amide bonds. The van der Waals surface area contributed by atoms with Crippen LogP contribution in [0.5, 0.6) is 0 Å². The van der Waals surface area contributed by atoms with E-state index in [1.54, 1.807) is 0 Å². The van der Waals surface area contributed by atoms with E-state index in [0.717, 1.165) is 28.4 Å². The van der Waals surface area contributed by atoms with Crippen molar-refractivity contribution in [2.75, 3.05) is 4.90 Å². The molecule has 0 spiro atoms. The number of hydrogen-bond acceptors (Lipinski definition) is 2. The summed E-state index contributed by atoms with van der Waals surface area (Å²) in [5.74, 6) is 0.